The van der Waals surface area contributed by atoms with Gasteiger partial charge in [0.05, 0.1) is 17.1 Å². The normalized spacial score (nSPS) is 39.3. The molecule has 1 saturated heterocycles. The van der Waals surface area contributed by atoms with E-state index in [1.807, 2.05) is 12.1 Å². The highest BCUT2D eigenvalue weighted by Gasteiger charge is 2.69. The Morgan fingerprint density at radius 3 is 2.26 bits per heavy atom. The SMILES string of the molecule is CC(C)C1=C2C3CCC4[C@@]5(C)CC=C(c6ccc(C(=O)O)cc6)C(C)(C)C5CC[C@@]4(C)[C@]3(C)CC[C@@]2(NCCN2CCS(=O)(=O)CC2)CC1=O. The number of allylic oxidation sites excluding steroid dienone is 3. The molecule has 274 valence electrons. The molecule has 7 nitrogen and oxygen atoms in total. The number of ketones is 1. The molecule has 7 rings (SSSR count). The van der Waals surface area contributed by atoms with E-state index in [4.69, 9.17) is 0 Å². The summed E-state index contributed by atoms with van der Waals surface area (Å²) in [4.78, 5) is 27.8. The van der Waals surface area contributed by atoms with Gasteiger partial charge in [-0.15, -0.1) is 0 Å². The molecule has 1 aromatic carbocycles. The van der Waals surface area contributed by atoms with Crippen LogP contribution in [-0.4, -0.2) is 73.4 Å². The van der Waals surface area contributed by atoms with Gasteiger partial charge in [-0.3, -0.25) is 4.79 Å². The number of carbonyl (C=O) groups excluding carboxylic acids is 1. The molecule has 0 aromatic heterocycles. The third kappa shape index (κ3) is 5.35. The summed E-state index contributed by atoms with van der Waals surface area (Å²) in [6.07, 6.45) is 10.9. The number of nitrogens with one attached hydrogen (secondary N) is 1. The number of nitrogens with zero attached hydrogens (tertiary/aromatic N) is 1. The molecule has 2 N–H and O–H groups in total. The number of rotatable bonds is 7. The van der Waals surface area contributed by atoms with Crippen molar-refractivity contribution in [1.82, 2.24) is 10.2 Å². The minimum absolute atomic E-state index is 0.0355. The second kappa shape index (κ2) is 12.1. The lowest BCUT2D eigenvalue weighted by molar-refractivity contribution is -0.194. The first-order chi connectivity index (χ1) is 23.4. The number of carbonyl (C=O) groups is 2. The number of fused-ring (bicyclic) bond motifs is 7. The van der Waals surface area contributed by atoms with Gasteiger partial charge in [0, 0.05) is 38.1 Å². The molecule has 1 aliphatic heterocycles. The third-order valence-corrected chi connectivity index (χ3v) is 17.4. The van der Waals surface area contributed by atoms with Crippen LogP contribution in [0.2, 0.25) is 0 Å². The lowest BCUT2D eigenvalue weighted by atomic mass is 9.33. The van der Waals surface area contributed by atoms with Crippen molar-refractivity contribution in [2.75, 3.05) is 37.7 Å². The minimum atomic E-state index is -2.91. The Hall–Kier alpha value is -2.29. The maximum Gasteiger partial charge on any atom is 0.335 e. The Labute approximate surface area is 300 Å². The van der Waals surface area contributed by atoms with Crippen molar-refractivity contribution in [1.29, 1.82) is 0 Å². The van der Waals surface area contributed by atoms with Crippen LogP contribution in [0.4, 0.5) is 0 Å². The highest BCUT2D eigenvalue weighted by atomic mass is 32.2. The Kier molecular flexibility index (Phi) is 8.75. The standard InChI is InChI=1S/C42H60N2O5S/c1-27(2)35-32(45)26-42(43-20-21-44-22-24-50(48,49)25-23-44)19-18-40(6)31(36(35)42)12-13-34-39(5)16-14-30(28-8-10-29(11-9-28)37(46)47)38(3,4)33(39)15-17-41(34,40)7/h8-11,14,27,31,33-34,43H,12-13,15-26H2,1-7H3,(H,46,47)/t31?,33?,34?,39-,40+,41+,42+/m0/s1. The molecule has 0 radical (unpaired) electrons. The first-order valence-corrected chi connectivity index (χ1v) is 21.2. The summed E-state index contributed by atoms with van der Waals surface area (Å²) in [5, 5.41) is 13.5. The van der Waals surface area contributed by atoms with Gasteiger partial charge in [-0.05, 0) is 125 Å². The number of aromatic carboxylic acids is 1. The molecule has 3 unspecified atom stereocenters. The number of hydrogen-bond donors (Lipinski definition) is 2. The molecule has 8 heteroatoms. The van der Waals surface area contributed by atoms with Crippen LogP contribution >= 0.6 is 0 Å². The van der Waals surface area contributed by atoms with Crippen molar-refractivity contribution in [3.05, 3.63) is 52.6 Å². The first kappa shape index (κ1) is 36.1. The van der Waals surface area contributed by atoms with Crippen LogP contribution < -0.4 is 5.32 Å². The van der Waals surface area contributed by atoms with E-state index in [2.05, 4.69) is 64.8 Å². The van der Waals surface area contributed by atoms with Crippen molar-refractivity contribution in [3.63, 3.8) is 0 Å². The topological polar surface area (TPSA) is 104 Å². The summed E-state index contributed by atoms with van der Waals surface area (Å²) in [6, 6.07) is 7.49. The summed E-state index contributed by atoms with van der Waals surface area (Å²) in [7, 11) is -2.91. The van der Waals surface area contributed by atoms with E-state index in [-0.39, 0.29) is 44.6 Å². The Morgan fingerprint density at radius 2 is 1.62 bits per heavy atom. The average Bonchev–Trinajstić information content (AvgIpc) is 3.34. The lowest BCUT2D eigenvalue weighted by Crippen LogP contribution is -2.66. The van der Waals surface area contributed by atoms with E-state index in [1.54, 1.807) is 12.1 Å². The van der Waals surface area contributed by atoms with E-state index < -0.39 is 15.8 Å². The maximum atomic E-state index is 14.0. The molecule has 4 fully saturated rings. The van der Waals surface area contributed by atoms with Crippen molar-refractivity contribution >= 4 is 27.2 Å². The molecule has 3 saturated carbocycles. The van der Waals surface area contributed by atoms with Gasteiger partial charge in [-0.1, -0.05) is 66.7 Å². The predicted octanol–water partition coefficient (Wildman–Crippen LogP) is 7.43. The Balaban J connectivity index is 1.18. The van der Waals surface area contributed by atoms with Crippen LogP contribution in [-0.2, 0) is 14.6 Å². The molecule has 6 aliphatic rings. The zero-order chi connectivity index (χ0) is 36.1. The van der Waals surface area contributed by atoms with Crippen molar-refractivity contribution in [2.45, 2.75) is 105 Å². The summed E-state index contributed by atoms with van der Waals surface area (Å²) < 4.78 is 24.0. The molecule has 0 amide bonds. The van der Waals surface area contributed by atoms with Gasteiger partial charge in [0.25, 0.3) is 0 Å². The smallest absolute Gasteiger partial charge is 0.335 e. The number of carboxylic acid groups (broad SMARTS) is 1. The number of hydrogen-bond acceptors (Lipinski definition) is 6. The summed E-state index contributed by atoms with van der Waals surface area (Å²) in [6.45, 7) is 19.9. The quantitative estimate of drug-likeness (QED) is 0.304. The number of Topliss-reactive ketones (excluding diaryl/α,β-unsaturated/α-hetero) is 1. The van der Waals surface area contributed by atoms with Gasteiger partial charge >= 0.3 is 5.97 Å². The second-order valence-corrected chi connectivity index (χ2v) is 20.9. The number of carboxylic acids is 1. The predicted molar refractivity (Wildman–Crippen MR) is 200 cm³/mol. The van der Waals surface area contributed by atoms with E-state index in [9.17, 15) is 23.1 Å². The van der Waals surface area contributed by atoms with E-state index in [0.717, 1.165) is 49.9 Å². The van der Waals surface area contributed by atoms with Crippen LogP contribution in [0.25, 0.3) is 5.57 Å². The fraction of sp³-hybridized carbons (Fsp3) is 0.714. The highest BCUT2D eigenvalue weighted by Crippen LogP contribution is 2.76. The maximum absolute atomic E-state index is 14.0. The van der Waals surface area contributed by atoms with Gasteiger partial charge < -0.3 is 15.3 Å². The summed E-state index contributed by atoms with van der Waals surface area (Å²) in [5.74, 6) is 1.62. The monoisotopic (exact) mass is 704 g/mol. The van der Waals surface area contributed by atoms with Gasteiger partial charge in [0.2, 0.25) is 0 Å². The molecule has 50 heavy (non-hydrogen) atoms. The van der Waals surface area contributed by atoms with E-state index in [0.29, 0.717) is 48.6 Å². The lowest BCUT2D eigenvalue weighted by Gasteiger charge is -2.71. The number of sulfone groups is 1. The highest BCUT2D eigenvalue weighted by molar-refractivity contribution is 7.91. The largest absolute Gasteiger partial charge is 0.478 e. The molecule has 0 spiro atoms. The van der Waals surface area contributed by atoms with Gasteiger partial charge in [0.15, 0.2) is 15.6 Å². The fourth-order valence-electron chi connectivity index (χ4n) is 13.1. The second-order valence-electron chi connectivity index (χ2n) is 18.6. The van der Waals surface area contributed by atoms with Crippen molar-refractivity contribution in [3.8, 4) is 0 Å². The number of benzene rings is 1. The molecular weight excluding hydrogens is 645 g/mol. The fourth-order valence-corrected chi connectivity index (χ4v) is 14.4. The zero-order valence-corrected chi connectivity index (χ0v) is 32.3. The average molecular weight is 705 g/mol. The van der Waals surface area contributed by atoms with Gasteiger partial charge in [-0.25, -0.2) is 13.2 Å². The molecule has 7 atom stereocenters. The Morgan fingerprint density at radius 1 is 0.940 bits per heavy atom. The summed E-state index contributed by atoms with van der Waals surface area (Å²) >= 11 is 0. The molecule has 5 aliphatic carbocycles. The van der Waals surface area contributed by atoms with Gasteiger partial charge in [0.1, 0.15) is 0 Å². The van der Waals surface area contributed by atoms with E-state index in [1.165, 1.54) is 30.4 Å². The van der Waals surface area contributed by atoms with Gasteiger partial charge in [-0.2, -0.15) is 0 Å². The van der Waals surface area contributed by atoms with Crippen molar-refractivity contribution in [2.24, 2.45) is 45.3 Å². The van der Waals surface area contributed by atoms with Crippen LogP contribution in [0, 0.1) is 45.3 Å². The van der Waals surface area contributed by atoms with Crippen LogP contribution in [0.15, 0.2) is 41.5 Å². The Bertz CT molecular complexity index is 1730. The molecule has 0 bridgehead atoms. The van der Waals surface area contributed by atoms with Crippen LogP contribution in [0.3, 0.4) is 0 Å². The molecular formula is C42H60N2O5S. The van der Waals surface area contributed by atoms with E-state index >= 15 is 0 Å². The first-order valence-electron chi connectivity index (χ1n) is 19.4. The molecule has 1 aromatic rings. The minimum Gasteiger partial charge on any atom is -0.478 e. The zero-order valence-electron chi connectivity index (χ0n) is 31.5. The third-order valence-electron chi connectivity index (χ3n) is 15.8. The van der Waals surface area contributed by atoms with Crippen LogP contribution in [0.1, 0.15) is 116 Å². The van der Waals surface area contributed by atoms with Crippen LogP contribution in [0.5, 0.6) is 0 Å². The van der Waals surface area contributed by atoms with Crippen molar-refractivity contribution < 1.29 is 23.1 Å². The summed E-state index contributed by atoms with van der Waals surface area (Å²) in [5.41, 5.74) is 5.45. The molecule has 1 heterocycles.